The summed E-state index contributed by atoms with van der Waals surface area (Å²) in [5.41, 5.74) is 2.49. The van der Waals surface area contributed by atoms with Gasteiger partial charge in [0.2, 0.25) is 0 Å². The average Bonchev–Trinajstić information content (AvgIpc) is 3.32. The van der Waals surface area contributed by atoms with Crippen molar-refractivity contribution in [1.82, 2.24) is 0 Å². The van der Waals surface area contributed by atoms with Crippen molar-refractivity contribution in [2.75, 3.05) is 0 Å². The molecule has 2 nitrogen and oxygen atoms in total. The molecule has 5 rings (SSSR count). The first kappa shape index (κ1) is 19.8. The van der Waals surface area contributed by atoms with Gasteiger partial charge in [-0.25, -0.2) is 8.78 Å². The summed E-state index contributed by atoms with van der Waals surface area (Å²) in [7, 11) is 0. The van der Waals surface area contributed by atoms with Gasteiger partial charge in [0, 0.05) is 17.0 Å². The first-order valence-electron chi connectivity index (χ1n) is 10.7. The van der Waals surface area contributed by atoms with Gasteiger partial charge in [0.05, 0.1) is 5.92 Å². The van der Waals surface area contributed by atoms with Gasteiger partial charge in [-0.3, -0.25) is 9.59 Å². The zero-order valence-electron chi connectivity index (χ0n) is 16.9. The van der Waals surface area contributed by atoms with Crippen LogP contribution in [-0.2, 0) is 0 Å². The lowest BCUT2D eigenvalue weighted by Gasteiger charge is -2.32. The molecule has 2 aliphatic carbocycles. The van der Waals surface area contributed by atoms with Gasteiger partial charge >= 0.3 is 0 Å². The molecular weight excluding hydrogens is 394 g/mol. The van der Waals surface area contributed by atoms with Crippen LogP contribution in [0.2, 0.25) is 0 Å². The van der Waals surface area contributed by atoms with E-state index in [0.29, 0.717) is 11.1 Å². The number of rotatable bonds is 4. The lowest BCUT2D eigenvalue weighted by atomic mass is 9.70. The highest BCUT2D eigenvalue weighted by Crippen LogP contribution is 2.50. The van der Waals surface area contributed by atoms with Crippen LogP contribution in [0.5, 0.6) is 0 Å². The van der Waals surface area contributed by atoms with Crippen molar-refractivity contribution in [2.45, 2.75) is 25.2 Å². The maximum atomic E-state index is 14.1. The van der Waals surface area contributed by atoms with Crippen molar-refractivity contribution in [2.24, 2.45) is 17.8 Å². The molecule has 0 aromatic heterocycles. The second-order valence-electron chi connectivity index (χ2n) is 8.60. The minimum atomic E-state index is -0.713. The third-order valence-electron chi connectivity index (χ3n) is 6.92. The fraction of sp³-hybridized carbons (Fsp3) is 0.259. The molecule has 3 aromatic rings. The summed E-state index contributed by atoms with van der Waals surface area (Å²) >= 11 is 0. The minimum Gasteiger partial charge on any atom is -0.293 e. The molecule has 0 N–H and O–H groups in total. The van der Waals surface area contributed by atoms with E-state index < -0.39 is 5.92 Å². The Morgan fingerprint density at radius 3 is 1.77 bits per heavy atom. The summed E-state index contributed by atoms with van der Waals surface area (Å²) in [5, 5.41) is 0. The van der Waals surface area contributed by atoms with E-state index in [4.69, 9.17) is 0 Å². The Hall–Kier alpha value is -3.14. The maximum Gasteiger partial charge on any atom is 0.174 e. The fourth-order valence-electron chi connectivity index (χ4n) is 5.69. The second-order valence-corrected chi connectivity index (χ2v) is 8.60. The summed E-state index contributed by atoms with van der Waals surface area (Å²) in [4.78, 5) is 26.4. The van der Waals surface area contributed by atoms with Crippen molar-refractivity contribution in [1.29, 1.82) is 0 Å². The zero-order valence-corrected chi connectivity index (χ0v) is 16.9. The molecule has 0 bridgehead atoms. The predicted molar refractivity (Wildman–Crippen MR) is 114 cm³/mol. The fourth-order valence-corrected chi connectivity index (χ4v) is 5.69. The number of hydrogen-bond donors (Lipinski definition) is 0. The Morgan fingerprint density at radius 2 is 1.26 bits per heavy atom. The molecule has 2 aliphatic rings. The molecular formula is C27H22F2O2. The van der Waals surface area contributed by atoms with Gasteiger partial charge in [-0.2, -0.15) is 0 Å². The molecule has 0 heterocycles. The van der Waals surface area contributed by atoms with Crippen LogP contribution in [-0.4, -0.2) is 11.6 Å². The van der Waals surface area contributed by atoms with Gasteiger partial charge in [-0.1, -0.05) is 55.0 Å². The molecule has 0 spiro atoms. The van der Waals surface area contributed by atoms with Crippen LogP contribution in [0.1, 0.15) is 57.0 Å². The number of benzene rings is 3. The van der Waals surface area contributed by atoms with Crippen molar-refractivity contribution in [3.8, 4) is 0 Å². The quantitative estimate of drug-likeness (QED) is 0.474. The summed E-state index contributed by atoms with van der Waals surface area (Å²) in [5.74, 6) is -2.16. The van der Waals surface area contributed by atoms with Gasteiger partial charge in [0.15, 0.2) is 11.6 Å². The molecule has 2 atom stereocenters. The average molecular weight is 416 g/mol. The van der Waals surface area contributed by atoms with Gasteiger partial charge < -0.3 is 0 Å². The molecule has 31 heavy (non-hydrogen) atoms. The monoisotopic (exact) mass is 416 g/mol. The number of halogens is 2. The van der Waals surface area contributed by atoms with E-state index >= 15 is 0 Å². The van der Waals surface area contributed by atoms with Gasteiger partial charge in [0.1, 0.15) is 11.6 Å². The molecule has 1 saturated carbocycles. The summed E-state index contributed by atoms with van der Waals surface area (Å²) in [6.07, 6.45) is 2.43. The van der Waals surface area contributed by atoms with Gasteiger partial charge in [0.25, 0.3) is 0 Å². The summed E-state index contributed by atoms with van der Waals surface area (Å²) in [6.45, 7) is 0. The minimum absolute atomic E-state index is 0.0594. The molecule has 0 radical (unpaired) electrons. The number of ketones is 2. The Morgan fingerprint density at radius 1 is 0.710 bits per heavy atom. The predicted octanol–water partition coefficient (Wildman–Crippen LogP) is 6.21. The van der Waals surface area contributed by atoms with Crippen molar-refractivity contribution < 1.29 is 18.4 Å². The van der Waals surface area contributed by atoms with E-state index in [1.807, 2.05) is 12.1 Å². The lowest BCUT2D eigenvalue weighted by molar-refractivity contribution is 0.0751. The number of fused-ring (bicyclic) bond motifs is 1. The van der Waals surface area contributed by atoms with Crippen molar-refractivity contribution >= 4 is 11.6 Å². The molecule has 4 heteroatoms. The summed E-state index contributed by atoms with van der Waals surface area (Å²) < 4.78 is 28.3. The van der Waals surface area contributed by atoms with Crippen molar-refractivity contribution in [3.05, 3.63) is 107 Å². The van der Waals surface area contributed by atoms with E-state index in [1.54, 1.807) is 36.4 Å². The highest BCUT2D eigenvalue weighted by atomic mass is 19.1. The zero-order chi connectivity index (χ0) is 21.5. The van der Waals surface area contributed by atoms with Crippen LogP contribution in [0.15, 0.2) is 72.8 Å². The summed E-state index contributed by atoms with van der Waals surface area (Å²) in [6, 6.07) is 19.7. The molecule has 156 valence electrons. The Kier molecular flexibility index (Phi) is 5.01. The van der Waals surface area contributed by atoms with Crippen LogP contribution in [0.4, 0.5) is 8.78 Å². The second kappa shape index (κ2) is 7.84. The van der Waals surface area contributed by atoms with Gasteiger partial charge in [-0.15, -0.1) is 0 Å². The smallest absolute Gasteiger partial charge is 0.174 e. The number of carbonyl (C=O) groups excluding carboxylic acids is 2. The topological polar surface area (TPSA) is 34.1 Å². The van der Waals surface area contributed by atoms with E-state index in [9.17, 15) is 18.4 Å². The molecule has 0 aliphatic heterocycles. The molecule has 2 unspecified atom stereocenters. The molecule has 1 fully saturated rings. The normalized spacial score (nSPS) is 21.1. The first-order chi connectivity index (χ1) is 15.0. The Bertz CT molecular complexity index is 1090. The van der Waals surface area contributed by atoms with Gasteiger partial charge in [-0.05, 0) is 60.1 Å². The number of Topliss-reactive ketones (excluding diaryl/α,β-unsaturated/α-hetero) is 2. The highest BCUT2D eigenvalue weighted by Gasteiger charge is 2.49. The van der Waals surface area contributed by atoms with E-state index in [0.717, 1.165) is 30.4 Å². The highest BCUT2D eigenvalue weighted by molar-refractivity contribution is 6.26. The SMILES string of the molecule is O=C1c2ccccc2C(=O)C1C1CCCC1C(c1cccc(F)c1)c1cccc(F)c1. The standard InChI is InChI=1S/C27H22F2O2/c28-18-8-3-6-16(14-18)24(17-7-4-9-19(29)15-17)20-12-5-13-21(20)25-26(30)22-10-1-2-11-23(22)27(25)31/h1-4,6-11,14-15,20-21,24-25H,5,12-13H2. The Labute approximate surface area is 179 Å². The largest absolute Gasteiger partial charge is 0.293 e. The van der Waals surface area contributed by atoms with Crippen LogP contribution in [0.3, 0.4) is 0 Å². The third-order valence-corrected chi connectivity index (χ3v) is 6.92. The van der Waals surface area contributed by atoms with E-state index in [2.05, 4.69) is 0 Å². The van der Waals surface area contributed by atoms with Crippen molar-refractivity contribution in [3.63, 3.8) is 0 Å². The molecule has 0 amide bonds. The van der Waals surface area contributed by atoms with Crippen LogP contribution >= 0.6 is 0 Å². The van der Waals surface area contributed by atoms with Crippen LogP contribution in [0, 0.1) is 29.4 Å². The van der Waals surface area contributed by atoms with Crippen LogP contribution in [0.25, 0.3) is 0 Å². The first-order valence-corrected chi connectivity index (χ1v) is 10.7. The number of hydrogen-bond acceptors (Lipinski definition) is 2. The Balaban J connectivity index is 1.58. The van der Waals surface area contributed by atoms with E-state index in [-0.39, 0.29) is 41.0 Å². The lowest BCUT2D eigenvalue weighted by Crippen LogP contribution is -2.31. The number of carbonyl (C=O) groups is 2. The van der Waals surface area contributed by atoms with E-state index in [1.165, 1.54) is 24.3 Å². The molecule has 3 aromatic carbocycles. The maximum absolute atomic E-state index is 14.1. The third kappa shape index (κ3) is 3.40. The van der Waals surface area contributed by atoms with Crippen LogP contribution < -0.4 is 0 Å². The molecule has 0 saturated heterocycles.